The van der Waals surface area contributed by atoms with Crippen molar-refractivity contribution in [1.82, 2.24) is 19.9 Å². The van der Waals surface area contributed by atoms with Crippen molar-refractivity contribution in [3.63, 3.8) is 0 Å². The van der Waals surface area contributed by atoms with Crippen LogP contribution in [0.1, 0.15) is 18.5 Å². The first-order chi connectivity index (χ1) is 9.65. The number of rotatable bonds is 3. The molecular formula is C13H12FN5S. The summed E-state index contributed by atoms with van der Waals surface area (Å²) in [4.78, 5) is 16.3. The summed E-state index contributed by atoms with van der Waals surface area (Å²) in [5.74, 6) is -0.295. The van der Waals surface area contributed by atoms with Gasteiger partial charge in [-0.25, -0.2) is 19.3 Å². The molecule has 0 aliphatic heterocycles. The minimum Gasteiger partial charge on any atom is -0.341 e. The molecule has 7 heteroatoms. The van der Waals surface area contributed by atoms with Gasteiger partial charge in [0.2, 0.25) is 0 Å². The van der Waals surface area contributed by atoms with Crippen LogP contribution in [0.2, 0.25) is 0 Å². The van der Waals surface area contributed by atoms with E-state index in [1.54, 1.807) is 12.4 Å². The summed E-state index contributed by atoms with van der Waals surface area (Å²) in [6.45, 7) is 1.82. The number of fused-ring (bicyclic) bond motifs is 1. The molecule has 1 unspecified atom stereocenters. The molecule has 102 valence electrons. The molecule has 0 saturated heterocycles. The molecule has 3 rings (SSSR count). The molecule has 1 atom stereocenters. The number of nitrogens with one attached hydrogen (secondary N) is 1. The first-order valence-corrected chi connectivity index (χ1v) is 6.84. The summed E-state index contributed by atoms with van der Waals surface area (Å²) in [6, 6.07) is 4.33. The largest absolute Gasteiger partial charge is 0.341 e. The lowest BCUT2D eigenvalue weighted by Gasteiger charge is -2.12. The highest BCUT2D eigenvalue weighted by Gasteiger charge is 2.13. The topological polar surface area (TPSA) is 80.5 Å². The van der Waals surface area contributed by atoms with Crippen LogP contribution in [-0.2, 0) is 0 Å². The van der Waals surface area contributed by atoms with Crippen molar-refractivity contribution < 1.29 is 4.39 Å². The lowest BCUT2D eigenvalue weighted by Crippen LogP contribution is -2.07. The predicted octanol–water partition coefficient (Wildman–Crippen LogP) is 2.66. The Hall–Kier alpha value is -1.99. The molecular weight excluding hydrogens is 277 g/mol. The fraction of sp³-hybridized carbons (Fsp3) is 0.154. The minimum atomic E-state index is -0.295. The van der Waals surface area contributed by atoms with E-state index in [-0.39, 0.29) is 11.9 Å². The number of hydrogen-bond donors (Lipinski definition) is 2. The van der Waals surface area contributed by atoms with E-state index in [9.17, 15) is 4.39 Å². The van der Waals surface area contributed by atoms with Crippen molar-refractivity contribution in [1.29, 1.82) is 0 Å². The number of hydrogen-bond acceptors (Lipinski definition) is 5. The Morgan fingerprint density at radius 3 is 2.95 bits per heavy atom. The van der Waals surface area contributed by atoms with Crippen LogP contribution in [-0.4, -0.2) is 19.9 Å². The number of H-pyrrole nitrogens is 1. The third-order valence-electron chi connectivity index (χ3n) is 2.86. The molecule has 5 nitrogen and oxygen atoms in total. The molecule has 0 spiro atoms. The Kier molecular flexibility index (Phi) is 3.37. The molecule has 2 heterocycles. The van der Waals surface area contributed by atoms with Gasteiger partial charge in [0.05, 0.1) is 6.33 Å². The van der Waals surface area contributed by atoms with Crippen LogP contribution in [0.4, 0.5) is 4.39 Å². The highest BCUT2D eigenvalue weighted by Crippen LogP contribution is 2.34. The number of aromatic nitrogens is 4. The maximum absolute atomic E-state index is 13.3. The molecule has 20 heavy (non-hydrogen) atoms. The maximum Gasteiger partial charge on any atom is 0.181 e. The molecule has 1 aromatic carbocycles. The van der Waals surface area contributed by atoms with Crippen LogP contribution in [0.5, 0.6) is 0 Å². The van der Waals surface area contributed by atoms with Gasteiger partial charge in [-0.05, 0) is 30.7 Å². The smallest absolute Gasteiger partial charge is 0.181 e. The van der Waals surface area contributed by atoms with Gasteiger partial charge in [0.25, 0.3) is 0 Å². The minimum absolute atomic E-state index is 0.257. The van der Waals surface area contributed by atoms with E-state index in [0.717, 1.165) is 21.0 Å². The van der Waals surface area contributed by atoms with Gasteiger partial charge in [0.1, 0.15) is 22.7 Å². The zero-order chi connectivity index (χ0) is 14.1. The second kappa shape index (κ2) is 5.18. The molecule has 0 fully saturated rings. The van der Waals surface area contributed by atoms with Crippen molar-refractivity contribution in [3.05, 3.63) is 42.2 Å². The van der Waals surface area contributed by atoms with Crippen molar-refractivity contribution in [2.75, 3.05) is 0 Å². The molecule has 2 aromatic heterocycles. The second-order valence-corrected chi connectivity index (χ2v) is 5.38. The number of imidazole rings is 1. The number of benzene rings is 1. The second-order valence-electron chi connectivity index (χ2n) is 4.35. The summed E-state index contributed by atoms with van der Waals surface area (Å²) in [5, 5.41) is 0.737. The van der Waals surface area contributed by atoms with E-state index in [0.29, 0.717) is 5.65 Å². The van der Waals surface area contributed by atoms with Gasteiger partial charge in [0.15, 0.2) is 5.65 Å². The summed E-state index contributed by atoms with van der Waals surface area (Å²) >= 11 is 1.42. The van der Waals surface area contributed by atoms with Crippen molar-refractivity contribution in [2.24, 2.45) is 5.73 Å². The number of nitrogens with two attached hydrogens (primary N) is 1. The Morgan fingerprint density at radius 2 is 2.15 bits per heavy atom. The van der Waals surface area contributed by atoms with Gasteiger partial charge < -0.3 is 10.7 Å². The average molecular weight is 289 g/mol. The summed E-state index contributed by atoms with van der Waals surface area (Å²) in [6.07, 6.45) is 3.03. The highest BCUT2D eigenvalue weighted by atomic mass is 32.2. The summed E-state index contributed by atoms with van der Waals surface area (Å²) in [5.41, 5.74) is 8.01. The normalized spacial score (nSPS) is 12.8. The van der Waals surface area contributed by atoms with Crippen LogP contribution in [0.3, 0.4) is 0 Å². The Balaban J connectivity index is 2.05. The first-order valence-electron chi connectivity index (χ1n) is 6.02. The molecule has 3 aromatic rings. The Bertz CT molecular complexity index is 755. The van der Waals surface area contributed by atoms with Gasteiger partial charge in [-0.15, -0.1) is 0 Å². The van der Waals surface area contributed by atoms with Crippen molar-refractivity contribution in [2.45, 2.75) is 22.9 Å². The van der Waals surface area contributed by atoms with E-state index in [1.165, 1.54) is 30.2 Å². The van der Waals surface area contributed by atoms with Gasteiger partial charge in [-0.3, -0.25) is 0 Å². The zero-order valence-corrected chi connectivity index (χ0v) is 11.5. The SMILES string of the molecule is CC(N)c1cc(F)ccc1Sc1ncnc2nc[nH]c12. The third kappa shape index (κ3) is 2.37. The number of halogens is 1. The predicted molar refractivity (Wildman–Crippen MR) is 74.8 cm³/mol. The molecule has 0 radical (unpaired) electrons. The van der Waals surface area contributed by atoms with E-state index < -0.39 is 0 Å². The summed E-state index contributed by atoms with van der Waals surface area (Å²) in [7, 11) is 0. The lowest BCUT2D eigenvalue weighted by molar-refractivity contribution is 0.619. The summed E-state index contributed by atoms with van der Waals surface area (Å²) < 4.78 is 13.3. The van der Waals surface area contributed by atoms with E-state index >= 15 is 0 Å². The molecule has 0 saturated carbocycles. The molecule has 0 bridgehead atoms. The van der Waals surface area contributed by atoms with Gasteiger partial charge in [-0.1, -0.05) is 11.8 Å². The van der Waals surface area contributed by atoms with Crippen LogP contribution in [0, 0.1) is 5.82 Å². The van der Waals surface area contributed by atoms with E-state index in [2.05, 4.69) is 19.9 Å². The monoisotopic (exact) mass is 289 g/mol. The molecule has 0 aliphatic rings. The van der Waals surface area contributed by atoms with Crippen LogP contribution < -0.4 is 5.73 Å². The maximum atomic E-state index is 13.3. The first kappa shape index (κ1) is 13.0. The Labute approximate surface area is 118 Å². The lowest BCUT2D eigenvalue weighted by atomic mass is 10.1. The van der Waals surface area contributed by atoms with E-state index in [1.807, 2.05) is 6.92 Å². The Morgan fingerprint density at radius 1 is 1.30 bits per heavy atom. The van der Waals surface area contributed by atoms with Crippen LogP contribution >= 0.6 is 11.8 Å². The quantitative estimate of drug-likeness (QED) is 0.724. The third-order valence-corrected chi connectivity index (χ3v) is 3.95. The number of aromatic amines is 1. The molecule has 0 aliphatic carbocycles. The highest BCUT2D eigenvalue weighted by molar-refractivity contribution is 7.99. The molecule has 0 amide bonds. The van der Waals surface area contributed by atoms with Crippen molar-refractivity contribution >= 4 is 22.9 Å². The standard InChI is InChI=1S/C13H12FN5S/c1-7(15)9-4-8(14)2-3-10(9)20-13-11-12(17-5-16-11)18-6-19-13/h2-7H,15H2,1H3,(H,16,17,18,19). The van der Waals surface area contributed by atoms with Gasteiger partial charge in [-0.2, -0.15) is 0 Å². The van der Waals surface area contributed by atoms with Gasteiger partial charge in [0, 0.05) is 10.9 Å². The van der Waals surface area contributed by atoms with Crippen LogP contribution in [0.15, 0.2) is 40.8 Å². The fourth-order valence-corrected chi connectivity index (χ4v) is 2.95. The van der Waals surface area contributed by atoms with Crippen molar-refractivity contribution in [3.8, 4) is 0 Å². The average Bonchev–Trinajstić information content (AvgIpc) is 2.90. The van der Waals surface area contributed by atoms with E-state index in [4.69, 9.17) is 5.73 Å². The fourth-order valence-electron chi connectivity index (χ4n) is 1.89. The number of nitrogens with zero attached hydrogens (tertiary/aromatic N) is 3. The van der Waals surface area contributed by atoms with Gasteiger partial charge >= 0.3 is 0 Å². The zero-order valence-electron chi connectivity index (χ0n) is 10.7. The molecule has 3 N–H and O–H groups in total. The van der Waals surface area contributed by atoms with Crippen LogP contribution in [0.25, 0.3) is 11.2 Å².